The van der Waals surface area contributed by atoms with Gasteiger partial charge in [-0.3, -0.25) is 0 Å². The summed E-state index contributed by atoms with van der Waals surface area (Å²) in [6, 6.07) is 0.302. The third-order valence-electron chi connectivity index (χ3n) is 1.43. The first kappa shape index (κ1) is 12.0. The molecule has 0 fully saturated rings. The van der Waals surface area contributed by atoms with Crippen LogP contribution in [0.4, 0.5) is 5.95 Å². The molecule has 1 rings (SSSR count). The van der Waals surface area contributed by atoms with Gasteiger partial charge in [0.25, 0.3) is 0 Å². The van der Waals surface area contributed by atoms with Crippen LogP contribution in [0.5, 0.6) is 6.01 Å². The SMILES string of the molecule is CCOc1nc(N)nc(SCC(C)C)n1. The van der Waals surface area contributed by atoms with E-state index in [2.05, 4.69) is 28.8 Å². The van der Waals surface area contributed by atoms with E-state index >= 15 is 0 Å². The summed E-state index contributed by atoms with van der Waals surface area (Å²) in [5.74, 6) is 1.75. The van der Waals surface area contributed by atoms with Gasteiger partial charge in [0.1, 0.15) is 0 Å². The number of rotatable bonds is 5. The zero-order valence-corrected chi connectivity index (χ0v) is 10.0. The van der Waals surface area contributed by atoms with Crippen molar-refractivity contribution in [3.8, 4) is 6.01 Å². The summed E-state index contributed by atoms with van der Waals surface area (Å²) in [5, 5.41) is 0.625. The molecule has 0 radical (unpaired) electrons. The predicted octanol–water partition coefficient (Wildman–Crippen LogP) is 1.60. The largest absolute Gasteiger partial charge is 0.464 e. The van der Waals surface area contributed by atoms with Gasteiger partial charge in [0.05, 0.1) is 6.61 Å². The lowest BCUT2D eigenvalue weighted by Gasteiger charge is -2.05. The average molecular weight is 228 g/mol. The topological polar surface area (TPSA) is 73.9 Å². The molecular weight excluding hydrogens is 212 g/mol. The minimum Gasteiger partial charge on any atom is -0.464 e. The van der Waals surface area contributed by atoms with Crippen LogP contribution >= 0.6 is 11.8 Å². The van der Waals surface area contributed by atoms with Gasteiger partial charge >= 0.3 is 6.01 Å². The molecule has 0 spiro atoms. The Morgan fingerprint density at radius 2 is 2.07 bits per heavy atom. The second-order valence-corrected chi connectivity index (χ2v) is 4.38. The summed E-state index contributed by atoms with van der Waals surface area (Å²) in [4.78, 5) is 12.0. The van der Waals surface area contributed by atoms with E-state index in [9.17, 15) is 0 Å². The van der Waals surface area contributed by atoms with Crippen LogP contribution < -0.4 is 10.5 Å². The van der Waals surface area contributed by atoms with E-state index in [0.717, 1.165) is 5.75 Å². The lowest BCUT2D eigenvalue weighted by atomic mass is 10.3. The minimum absolute atomic E-state index is 0.208. The lowest BCUT2D eigenvalue weighted by molar-refractivity contribution is 0.308. The van der Waals surface area contributed by atoms with Gasteiger partial charge in [-0.1, -0.05) is 25.6 Å². The molecule has 1 aromatic heterocycles. The molecule has 2 N–H and O–H groups in total. The number of aromatic nitrogens is 3. The van der Waals surface area contributed by atoms with Gasteiger partial charge in [-0.2, -0.15) is 15.0 Å². The molecule has 6 heteroatoms. The molecule has 84 valence electrons. The monoisotopic (exact) mass is 228 g/mol. The van der Waals surface area contributed by atoms with Crippen molar-refractivity contribution in [2.45, 2.75) is 25.9 Å². The Bertz CT molecular complexity index is 319. The van der Waals surface area contributed by atoms with Crippen molar-refractivity contribution in [1.82, 2.24) is 15.0 Å². The Labute approximate surface area is 93.9 Å². The normalized spacial score (nSPS) is 10.7. The lowest BCUT2D eigenvalue weighted by Crippen LogP contribution is -2.05. The highest BCUT2D eigenvalue weighted by atomic mass is 32.2. The van der Waals surface area contributed by atoms with Crippen LogP contribution in [0.25, 0.3) is 0 Å². The number of hydrogen-bond acceptors (Lipinski definition) is 6. The van der Waals surface area contributed by atoms with Gasteiger partial charge in [0.2, 0.25) is 5.95 Å². The van der Waals surface area contributed by atoms with E-state index in [1.165, 1.54) is 0 Å². The molecule has 0 aromatic carbocycles. The van der Waals surface area contributed by atoms with E-state index in [1.807, 2.05) is 6.92 Å². The first-order valence-corrected chi connectivity index (χ1v) is 5.87. The zero-order chi connectivity index (χ0) is 11.3. The maximum Gasteiger partial charge on any atom is 0.322 e. The Kier molecular flexibility index (Phi) is 4.61. The minimum atomic E-state index is 0.208. The number of hydrogen-bond donors (Lipinski definition) is 1. The molecule has 1 heterocycles. The second-order valence-electron chi connectivity index (χ2n) is 3.40. The van der Waals surface area contributed by atoms with Crippen molar-refractivity contribution < 1.29 is 4.74 Å². The quantitative estimate of drug-likeness (QED) is 0.772. The zero-order valence-electron chi connectivity index (χ0n) is 9.23. The fourth-order valence-corrected chi connectivity index (χ4v) is 1.64. The van der Waals surface area contributed by atoms with Crippen molar-refractivity contribution in [2.75, 3.05) is 18.1 Å². The first-order valence-electron chi connectivity index (χ1n) is 4.89. The Morgan fingerprint density at radius 3 is 2.67 bits per heavy atom. The molecule has 1 aromatic rings. The summed E-state index contributed by atoms with van der Waals surface area (Å²) in [6.45, 7) is 6.68. The molecule has 0 saturated carbocycles. The summed E-state index contributed by atoms with van der Waals surface area (Å²) in [7, 11) is 0. The molecule has 0 bridgehead atoms. The van der Waals surface area contributed by atoms with Gasteiger partial charge in [0, 0.05) is 5.75 Å². The van der Waals surface area contributed by atoms with Gasteiger partial charge in [-0.25, -0.2) is 0 Å². The summed E-state index contributed by atoms with van der Waals surface area (Å²) >= 11 is 1.56. The molecule has 0 aliphatic rings. The van der Waals surface area contributed by atoms with E-state index in [0.29, 0.717) is 23.7 Å². The van der Waals surface area contributed by atoms with Crippen LogP contribution in [0, 0.1) is 5.92 Å². The van der Waals surface area contributed by atoms with Crippen LogP contribution in [0.1, 0.15) is 20.8 Å². The van der Waals surface area contributed by atoms with E-state index in [4.69, 9.17) is 10.5 Å². The number of thioether (sulfide) groups is 1. The Balaban J connectivity index is 2.70. The number of ether oxygens (including phenoxy) is 1. The highest BCUT2D eigenvalue weighted by Crippen LogP contribution is 2.18. The van der Waals surface area contributed by atoms with E-state index < -0.39 is 0 Å². The van der Waals surface area contributed by atoms with E-state index in [1.54, 1.807) is 11.8 Å². The maximum absolute atomic E-state index is 5.54. The number of nitrogen functional groups attached to an aromatic ring is 1. The third kappa shape index (κ3) is 4.33. The van der Waals surface area contributed by atoms with Crippen molar-refractivity contribution >= 4 is 17.7 Å². The summed E-state index contributed by atoms with van der Waals surface area (Å²) in [6.07, 6.45) is 0. The van der Waals surface area contributed by atoms with Crippen molar-refractivity contribution in [3.05, 3.63) is 0 Å². The number of nitrogens with two attached hydrogens (primary N) is 1. The molecule has 15 heavy (non-hydrogen) atoms. The van der Waals surface area contributed by atoms with Crippen molar-refractivity contribution in [2.24, 2.45) is 5.92 Å². The fraction of sp³-hybridized carbons (Fsp3) is 0.667. The molecule has 0 saturated heterocycles. The van der Waals surface area contributed by atoms with Crippen LogP contribution in [-0.2, 0) is 0 Å². The van der Waals surface area contributed by atoms with Crippen LogP contribution in [0.3, 0.4) is 0 Å². The van der Waals surface area contributed by atoms with Gasteiger partial charge in [0.15, 0.2) is 5.16 Å². The Morgan fingerprint density at radius 1 is 1.33 bits per heavy atom. The molecule has 0 aliphatic carbocycles. The number of anilines is 1. The molecule has 0 unspecified atom stereocenters. The number of nitrogens with zero attached hydrogens (tertiary/aromatic N) is 3. The average Bonchev–Trinajstić information content (AvgIpc) is 2.14. The highest BCUT2D eigenvalue weighted by Gasteiger charge is 2.06. The molecular formula is C9H16N4OS. The summed E-state index contributed by atoms with van der Waals surface area (Å²) in [5.41, 5.74) is 5.54. The standard InChI is InChI=1S/C9H16N4OS/c1-4-14-8-11-7(10)12-9(13-8)15-5-6(2)3/h6H,4-5H2,1-3H3,(H2,10,11,12,13). The van der Waals surface area contributed by atoms with Crippen LogP contribution in [0.15, 0.2) is 5.16 Å². The predicted molar refractivity (Wildman–Crippen MR) is 61.0 cm³/mol. The Hall–Kier alpha value is -1.04. The molecule has 0 amide bonds. The van der Waals surface area contributed by atoms with Crippen LogP contribution in [-0.4, -0.2) is 27.3 Å². The highest BCUT2D eigenvalue weighted by molar-refractivity contribution is 7.99. The van der Waals surface area contributed by atoms with E-state index in [-0.39, 0.29) is 5.95 Å². The third-order valence-corrected chi connectivity index (χ3v) is 2.70. The first-order chi connectivity index (χ1) is 7.11. The molecule has 0 atom stereocenters. The van der Waals surface area contributed by atoms with Crippen molar-refractivity contribution in [3.63, 3.8) is 0 Å². The smallest absolute Gasteiger partial charge is 0.322 e. The van der Waals surface area contributed by atoms with Gasteiger partial charge < -0.3 is 10.5 Å². The van der Waals surface area contributed by atoms with Gasteiger partial charge in [-0.05, 0) is 12.8 Å². The van der Waals surface area contributed by atoms with Gasteiger partial charge in [-0.15, -0.1) is 0 Å². The second kappa shape index (κ2) is 5.75. The molecule has 0 aliphatic heterocycles. The molecule has 5 nitrogen and oxygen atoms in total. The fourth-order valence-electron chi connectivity index (χ4n) is 0.852. The van der Waals surface area contributed by atoms with Crippen LogP contribution in [0.2, 0.25) is 0 Å². The maximum atomic E-state index is 5.54. The summed E-state index contributed by atoms with van der Waals surface area (Å²) < 4.78 is 5.18. The van der Waals surface area contributed by atoms with Crippen molar-refractivity contribution in [1.29, 1.82) is 0 Å².